The summed E-state index contributed by atoms with van der Waals surface area (Å²) in [6, 6.07) is 1.83. The lowest BCUT2D eigenvalue weighted by atomic mass is 9.63. The number of hydrogen-bond donors (Lipinski definition) is 1. The minimum atomic E-state index is -0.770. The molecule has 20 heavy (non-hydrogen) atoms. The second kappa shape index (κ2) is 5.64. The van der Waals surface area contributed by atoms with Gasteiger partial charge in [0.2, 0.25) is 0 Å². The summed E-state index contributed by atoms with van der Waals surface area (Å²) < 4.78 is 11.5. The number of aliphatic carboxylic acids is 1. The molecule has 0 saturated heterocycles. The average molecular weight is 343 g/mol. The molecule has 0 spiro atoms. The Bertz CT molecular complexity index is 535. The third kappa shape index (κ3) is 2.08. The van der Waals surface area contributed by atoms with Crippen LogP contribution in [0.3, 0.4) is 0 Å². The largest absolute Gasteiger partial charge is 0.493 e. The Hall–Kier alpha value is -1.23. The van der Waals surface area contributed by atoms with Gasteiger partial charge in [0.15, 0.2) is 11.5 Å². The molecule has 0 radical (unpaired) electrons. The van der Waals surface area contributed by atoms with Crippen molar-refractivity contribution in [1.82, 2.24) is 0 Å². The Morgan fingerprint density at radius 3 is 2.40 bits per heavy atom. The number of benzene rings is 1. The zero-order valence-electron chi connectivity index (χ0n) is 12.0. The predicted molar refractivity (Wildman–Crippen MR) is 79.8 cm³/mol. The fourth-order valence-corrected chi connectivity index (χ4v) is 3.74. The number of ether oxygens (including phenoxy) is 2. The molecule has 1 fully saturated rings. The smallest absolute Gasteiger partial charge is 0.314 e. The summed E-state index contributed by atoms with van der Waals surface area (Å²) in [5.41, 5.74) is 1.07. The average Bonchev–Trinajstić information content (AvgIpc) is 2.36. The van der Waals surface area contributed by atoms with Crippen LogP contribution in [0.15, 0.2) is 10.5 Å². The van der Waals surface area contributed by atoms with Gasteiger partial charge < -0.3 is 14.6 Å². The van der Waals surface area contributed by atoms with Crippen molar-refractivity contribution in [2.75, 3.05) is 14.2 Å². The molecule has 0 amide bonds. The highest BCUT2D eigenvalue weighted by atomic mass is 79.9. The number of methoxy groups -OCH3 is 2. The molecule has 1 N–H and O–H groups in total. The van der Waals surface area contributed by atoms with Crippen LogP contribution in [-0.4, -0.2) is 25.3 Å². The Morgan fingerprint density at radius 2 is 2.05 bits per heavy atom. The van der Waals surface area contributed by atoms with E-state index >= 15 is 0 Å². The number of halogens is 1. The molecule has 0 atom stereocenters. The van der Waals surface area contributed by atoms with Crippen LogP contribution in [0.25, 0.3) is 0 Å². The first-order valence-corrected chi connectivity index (χ1v) is 7.48. The van der Waals surface area contributed by atoms with Gasteiger partial charge in [-0.1, -0.05) is 13.3 Å². The molecule has 0 aromatic heterocycles. The fourth-order valence-electron chi connectivity index (χ4n) is 2.89. The van der Waals surface area contributed by atoms with E-state index in [-0.39, 0.29) is 0 Å². The van der Waals surface area contributed by atoms with E-state index in [4.69, 9.17) is 9.47 Å². The van der Waals surface area contributed by atoms with Gasteiger partial charge in [0, 0.05) is 0 Å². The second-order valence-corrected chi connectivity index (χ2v) is 5.84. The summed E-state index contributed by atoms with van der Waals surface area (Å²) in [7, 11) is 3.14. The molecule has 1 saturated carbocycles. The zero-order chi connectivity index (χ0) is 14.9. The first kappa shape index (κ1) is 15.2. The number of rotatable bonds is 5. The number of carboxylic acids is 1. The fraction of sp³-hybridized carbons (Fsp3) is 0.533. The summed E-state index contributed by atoms with van der Waals surface area (Å²) in [5, 5.41) is 9.65. The van der Waals surface area contributed by atoms with Gasteiger partial charge >= 0.3 is 5.97 Å². The Morgan fingerprint density at radius 1 is 1.40 bits per heavy atom. The van der Waals surface area contributed by atoms with Gasteiger partial charge in [0.05, 0.1) is 24.1 Å². The van der Waals surface area contributed by atoms with Crippen LogP contribution in [0.2, 0.25) is 0 Å². The van der Waals surface area contributed by atoms with Crippen LogP contribution in [0.5, 0.6) is 11.5 Å². The molecule has 1 aromatic rings. The summed E-state index contributed by atoms with van der Waals surface area (Å²) in [5.74, 6) is 0.435. The summed E-state index contributed by atoms with van der Waals surface area (Å²) in [6.45, 7) is 2.02. The topological polar surface area (TPSA) is 55.8 Å². The van der Waals surface area contributed by atoms with Gasteiger partial charge in [-0.05, 0) is 52.4 Å². The van der Waals surface area contributed by atoms with E-state index in [1.807, 2.05) is 13.0 Å². The van der Waals surface area contributed by atoms with E-state index in [2.05, 4.69) is 15.9 Å². The van der Waals surface area contributed by atoms with E-state index in [9.17, 15) is 9.90 Å². The van der Waals surface area contributed by atoms with E-state index in [1.165, 1.54) is 0 Å². The van der Waals surface area contributed by atoms with E-state index in [0.717, 1.165) is 28.4 Å². The maximum atomic E-state index is 11.8. The maximum Gasteiger partial charge on any atom is 0.314 e. The quantitative estimate of drug-likeness (QED) is 0.889. The third-order valence-corrected chi connectivity index (χ3v) is 5.04. The number of carbonyl (C=O) groups is 1. The molecule has 2 rings (SSSR count). The Labute approximate surface area is 127 Å². The van der Waals surface area contributed by atoms with Gasteiger partial charge in [-0.3, -0.25) is 4.79 Å². The van der Waals surface area contributed by atoms with Gasteiger partial charge in [0.25, 0.3) is 0 Å². The Kier molecular flexibility index (Phi) is 4.28. The first-order valence-electron chi connectivity index (χ1n) is 6.69. The summed E-state index contributed by atoms with van der Waals surface area (Å²) >= 11 is 3.54. The van der Waals surface area contributed by atoms with Crippen LogP contribution < -0.4 is 9.47 Å². The van der Waals surface area contributed by atoms with Crippen molar-refractivity contribution in [3.8, 4) is 11.5 Å². The first-order chi connectivity index (χ1) is 9.51. The van der Waals surface area contributed by atoms with Crippen molar-refractivity contribution in [3.05, 3.63) is 21.7 Å². The third-order valence-electron chi connectivity index (χ3n) is 4.20. The van der Waals surface area contributed by atoms with Crippen molar-refractivity contribution < 1.29 is 19.4 Å². The second-order valence-electron chi connectivity index (χ2n) is 5.05. The predicted octanol–water partition coefficient (Wildman–Crippen LogP) is 3.54. The molecule has 5 heteroatoms. The minimum Gasteiger partial charge on any atom is -0.493 e. The van der Waals surface area contributed by atoms with Crippen LogP contribution in [0, 0.1) is 0 Å². The van der Waals surface area contributed by atoms with Crippen LogP contribution >= 0.6 is 15.9 Å². The highest BCUT2D eigenvalue weighted by Crippen LogP contribution is 2.50. The van der Waals surface area contributed by atoms with Crippen LogP contribution in [0.1, 0.15) is 37.3 Å². The number of hydrogen-bond acceptors (Lipinski definition) is 3. The van der Waals surface area contributed by atoms with Crippen molar-refractivity contribution in [2.45, 2.75) is 38.0 Å². The maximum absolute atomic E-state index is 11.8. The molecule has 0 unspecified atom stereocenters. The van der Waals surface area contributed by atoms with Crippen molar-refractivity contribution in [3.63, 3.8) is 0 Å². The van der Waals surface area contributed by atoms with Crippen molar-refractivity contribution in [1.29, 1.82) is 0 Å². The van der Waals surface area contributed by atoms with E-state index < -0.39 is 11.4 Å². The van der Waals surface area contributed by atoms with Crippen molar-refractivity contribution in [2.24, 2.45) is 0 Å². The lowest BCUT2D eigenvalue weighted by Gasteiger charge is -2.40. The lowest BCUT2D eigenvalue weighted by molar-refractivity contribution is -0.147. The molecule has 0 aliphatic heterocycles. The van der Waals surface area contributed by atoms with Gasteiger partial charge in [-0.2, -0.15) is 0 Å². The van der Waals surface area contributed by atoms with Gasteiger partial charge in [-0.15, -0.1) is 0 Å². The summed E-state index contributed by atoms with van der Waals surface area (Å²) in [4.78, 5) is 11.8. The monoisotopic (exact) mass is 342 g/mol. The van der Waals surface area contributed by atoms with Gasteiger partial charge in [-0.25, -0.2) is 0 Å². The molecular formula is C15H19BrO4. The normalized spacial score (nSPS) is 16.4. The van der Waals surface area contributed by atoms with E-state index in [0.29, 0.717) is 24.3 Å². The molecular weight excluding hydrogens is 324 g/mol. The molecule has 110 valence electrons. The standard InChI is InChI=1S/C15H19BrO4/c1-4-9-10(15(14(17)18)6-5-7-15)8-11(19-2)13(20-3)12(9)16/h8H,4-7H2,1-3H3,(H,17,18). The number of carboxylic acid groups (broad SMARTS) is 1. The van der Waals surface area contributed by atoms with Gasteiger partial charge in [0.1, 0.15) is 0 Å². The highest BCUT2D eigenvalue weighted by molar-refractivity contribution is 9.10. The molecule has 0 heterocycles. The van der Waals surface area contributed by atoms with Crippen LogP contribution in [0.4, 0.5) is 0 Å². The lowest BCUT2D eigenvalue weighted by Crippen LogP contribution is -2.43. The minimum absolute atomic E-state index is 0.569. The zero-order valence-corrected chi connectivity index (χ0v) is 13.5. The highest BCUT2D eigenvalue weighted by Gasteiger charge is 2.47. The molecule has 1 aliphatic carbocycles. The van der Waals surface area contributed by atoms with Crippen LogP contribution in [-0.2, 0) is 16.6 Å². The van der Waals surface area contributed by atoms with Crippen molar-refractivity contribution >= 4 is 21.9 Å². The summed E-state index contributed by atoms with van der Waals surface area (Å²) in [6.07, 6.45) is 3.04. The molecule has 4 nitrogen and oxygen atoms in total. The Balaban J connectivity index is 2.69. The molecule has 1 aromatic carbocycles. The van der Waals surface area contributed by atoms with E-state index in [1.54, 1.807) is 14.2 Å². The SMILES string of the molecule is CCc1c(C2(C(=O)O)CCC2)cc(OC)c(OC)c1Br. The molecule has 1 aliphatic rings. The molecule has 0 bridgehead atoms.